The molecule has 1 N–H and O–H groups in total. The minimum absolute atomic E-state index is 0.122. The molecule has 1 atom stereocenters. The highest BCUT2D eigenvalue weighted by Gasteiger charge is 2.40. The van der Waals surface area contributed by atoms with Crippen LogP contribution in [0.1, 0.15) is 26.7 Å². The lowest BCUT2D eigenvalue weighted by atomic mass is 9.67. The maximum atomic E-state index is 11.5. The first kappa shape index (κ1) is 9.00. The van der Waals surface area contributed by atoms with E-state index in [2.05, 4.69) is 19.2 Å². The van der Waals surface area contributed by atoms with Gasteiger partial charge >= 0.3 is 0 Å². The number of carbonyl (C=O) groups excluding carboxylic acids is 1. The third-order valence-electron chi connectivity index (χ3n) is 3.35. The number of hydrogen-bond donors (Lipinski definition) is 1. The first-order valence-electron chi connectivity index (χ1n) is 4.98. The molecule has 1 aliphatic heterocycles. The summed E-state index contributed by atoms with van der Waals surface area (Å²) in [6.45, 7) is 5.63. The Balaban J connectivity index is 1.80. The monoisotopic (exact) mass is 183 g/mol. The Morgan fingerprint density at radius 2 is 2.15 bits per heavy atom. The van der Waals surface area contributed by atoms with Gasteiger partial charge in [-0.15, -0.1) is 0 Å². The van der Waals surface area contributed by atoms with E-state index in [1.54, 1.807) is 0 Å². The van der Waals surface area contributed by atoms with Crippen molar-refractivity contribution in [3.05, 3.63) is 0 Å². The summed E-state index contributed by atoms with van der Waals surface area (Å²) in [5.74, 6) is 0.306. The molecule has 0 spiro atoms. The Hall–Kier alpha value is -0.570. The van der Waals surface area contributed by atoms with Gasteiger partial charge in [-0.25, -0.2) is 0 Å². The zero-order valence-electron chi connectivity index (χ0n) is 8.30. The molecule has 1 saturated heterocycles. The van der Waals surface area contributed by atoms with Crippen molar-refractivity contribution in [2.75, 3.05) is 13.2 Å². The van der Waals surface area contributed by atoms with Gasteiger partial charge in [0.05, 0.1) is 19.1 Å². The van der Waals surface area contributed by atoms with Gasteiger partial charge in [-0.3, -0.25) is 4.79 Å². The minimum Gasteiger partial charge on any atom is -0.380 e. The van der Waals surface area contributed by atoms with E-state index in [1.165, 1.54) is 6.42 Å². The van der Waals surface area contributed by atoms with Crippen molar-refractivity contribution in [3.63, 3.8) is 0 Å². The number of nitrogens with one attached hydrogen (secondary N) is 1. The summed E-state index contributed by atoms with van der Waals surface area (Å²) in [5, 5.41) is 3.09. The molecular formula is C10H17NO2. The van der Waals surface area contributed by atoms with E-state index >= 15 is 0 Å². The van der Waals surface area contributed by atoms with Crippen LogP contribution in [0.3, 0.4) is 0 Å². The molecule has 0 aromatic rings. The molecule has 1 amide bonds. The molecule has 1 aliphatic carbocycles. The normalized spacial score (nSPS) is 31.7. The topological polar surface area (TPSA) is 38.3 Å². The van der Waals surface area contributed by atoms with Gasteiger partial charge in [0.2, 0.25) is 5.91 Å². The van der Waals surface area contributed by atoms with E-state index in [4.69, 9.17) is 4.74 Å². The predicted molar refractivity (Wildman–Crippen MR) is 49.3 cm³/mol. The summed E-state index contributed by atoms with van der Waals surface area (Å²) in [4.78, 5) is 11.5. The Morgan fingerprint density at radius 3 is 2.46 bits per heavy atom. The average molecular weight is 183 g/mol. The van der Waals surface area contributed by atoms with Gasteiger partial charge in [0, 0.05) is 6.04 Å². The standard InChI is InChI=1S/C10H17NO2/c1-10(2)4-3-8(10)11-9(12)7-5-13-6-7/h7-8H,3-6H2,1-2H3,(H,11,12). The smallest absolute Gasteiger partial charge is 0.228 e. The van der Waals surface area contributed by atoms with E-state index in [-0.39, 0.29) is 11.8 Å². The van der Waals surface area contributed by atoms with Crippen molar-refractivity contribution in [2.24, 2.45) is 11.3 Å². The van der Waals surface area contributed by atoms with E-state index in [0.717, 1.165) is 6.42 Å². The number of carbonyl (C=O) groups is 1. The third-order valence-corrected chi connectivity index (χ3v) is 3.35. The predicted octanol–water partition coefficient (Wildman–Crippen LogP) is 0.938. The molecule has 2 aliphatic rings. The van der Waals surface area contributed by atoms with Gasteiger partial charge in [0.25, 0.3) is 0 Å². The van der Waals surface area contributed by atoms with Crippen molar-refractivity contribution in [3.8, 4) is 0 Å². The van der Waals surface area contributed by atoms with Crippen LogP contribution in [0.4, 0.5) is 0 Å². The molecule has 0 aromatic carbocycles. The Labute approximate surface area is 78.8 Å². The van der Waals surface area contributed by atoms with Crippen LogP contribution >= 0.6 is 0 Å². The largest absolute Gasteiger partial charge is 0.380 e. The summed E-state index contributed by atoms with van der Waals surface area (Å²) in [5.41, 5.74) is 0.306. The number of hydrogen-bond acceptors (Lipinski definition) is 2. The van der Waals surface area contributed by atoms with Crippen LogP contribution in [-0.2, 0) is 9.53 Å². The van der Waals surface area contributed by atoms with Crippen LogP contribution in [0.25, 0.3) is 0 Å². The van der Waals surface area contributed by atoms with Gasteiger partial charge in [-0.2, -0.15) is 0 Å². The zero-order valence-corrected chi connectivity index (χ0v) is 8.30. The number of rotatable bonds is 2. The second kappa shape index (κ2) is 2.98. The zero-order chi connectivity index (χ0) is 9.47. The molecule has 74 valence electrons. The highest BCUT2D eigenvalue weighted by Crippen LogP contribution is 2.40. The summed E-state index contributed by atoms with van der Waals surface area (Å²) in [6, 6.07) is 0.389. The highest BCUT2D eigenvalue weighted by atomic mass is 16.5. The first-order chi connectivity index (χ1) is 6.09. The summed E-state index contributed by atoms with van der Waals surface area (Å²) in [7, 11) is 0. The van der Waals surface area contributed by atoms with Gasteiger partial charge in [0.15, 0.2) is 0 Å². The number of amides is 1. The molecule has 2 fully saturated rings. The molecule has 0 aromatic heterocycles. The van der Waals surface area contributed by atoms with E-state index < -0.39 is 0 Å². The lowest BCUT2D eigenvalue weighted by Crippen LogP contribution is -2.55. The van der Waals surface area contributed by atoms with Crippen molar-refractivity contribution < 1.29 is 9.53 Å². The minimum atomic E-state index is 0.122. The van der Waals surface area contributed by atoms with Crippen molar-refractivity contribution in [2.45, 2.75) is 32.7 Å². The molecular weight excluding hydrogens is 166 g/mol. The van der Waals surface area contributed by atoms with Crippen LogP contribution in [0.2, 0.25) is 0 Å². The van der Waals surface area contributed by atoms with Crippen LogP contribution in [0.15, 0.2) is 0 Å². The third kappa shape index (κ3) is 1.57. The Bertz CT molecular complexity index is 221. The van der Waals surface area contributed by atoms with Gasteiger partial charge in [0.1, 0.15) is 0 Å². The second-order valence-electron chi connectivity index (χ2n) is 4.82. The molecule has 2 rings (SSSR count). The maximum absolute atomic E-state index is 11.5. The molecule has 13 heavy (non-hydrogen) atoms. The summed E-state index contributed by atoms with van der Waals surface area (Å²) in [6.07, 6.45) is 2.35. The summed E-state index contributed by atoms with van der Waals surface area (Å²) >= 11 is 0. The second-order valence-corrected chi connectivity index (χ2v) is 4.82. The fourth-order valence-electron chi connectivity index (χ4n) is 1.81. The van der Waals surface area contributed by atoms with E-state index in [1.807, 2.05) is 0 Å². The average Bonchev–Trinajstić information content (AvgIpc) is 1.95. The van der Waals surface area contributed by atoms with E-state index in [0.29, 0.717) is 24.7 Å². The molecule has 0 radical (unpaired) electrons. The number of ether oxygens (including phenoxy) is 1. The molecule has 3 nitrogen and oxygen atoms in total. The van der Waals surface area contributed by atoms with Crippen molar-refractivity contribution >= 4 is 5.91 Å². The highest BCUT2D eigenvalue weighted by molar-refractivity contribution is 5.80. The molecule has 1 unspecified atom stereocenters. The van der Waals surface area contributed by atoms with Crippen molar-refractivity contribution in [1.82, 2.24) is 5.32 Å². The van der Waals surface area contributed by atoms with Crippen LogP contribution < -0.4 is 5.32 Å². The van der Waals surface area contributed by atoms with Gasteiger partial charge in [-0.05, 0) is 18.3 Å². The Morgan fingerprint density at radius 1 is 1.46 bits per heavy atom. The molecule has 3 heteroatoms. The Kier molecular flexibility index (Phi) is 2.06. The molecule has 1 saturated carbocycles. The van der Waals surface area contributed by atoms with E-state index in [9.17, 15) is 4.79 Å². The summed E-state index contributed by atoms with van der Waals surface area (Å²) < 4.78 is 4.98. The lowest BCUT2D eigenvalue weighted by Gasteiger charge is -2.45. The fourth-order valence-corrected chi connectivity index (χ4v) is 1.81. The van der Waals surface area contributed by atoms with Crippen molar-refractivity contribution in [1.29, 1.82) is 0 Å². The fraction of sp³-hybridized carbons (Fsp3) is 0.900. The maximum Gasteiger partial charge on any atom is 0.228 e. The van der Waals surface area contributed by atoms with Crippen LogP contribution in [0.5, 0.6) is 0 Å². The van der Waals surface area contributed by atoms with Crippen LogP contribution in [0, 0.1) is 11.3 Å². The first-order valence-corrected chi connectivity index (χ1v) is 4.98. The molecule has 0 bridgehead atoms. The van der Waals surface area contributed by atoms with Crippen LogP contribution in [-0.4, -0.2) is 25.2 Å². The quantitative estimate of drug-likeness (QED) is 0.692. The van der Waals surface area contributed by atoms with Gasteiger partial charge < -0.3 is 10.1 Å². The lowest BCUT2D eigenvalue weighted by molar-refractivity contribution is -0.141. The van der Waals surface area contributed by atoms with Gasteiger partial charge in [-0.1, -0.05) is 13.8 Å². The SMILES string of the molecule is CC1(C)CCC1NC(=O)C1COC1. The molecule has 1 heterocycles.